The Morgan fingerprint density at radius 3 is 3.00 bits per heavy atom. The molecule has 1 aromatic rings. The van der Waals surface area contributed by atoms with Crippen molar-refractivity contribution in [3.63, 3.8) is 0 Å². The van der Waals surface area contributed by atoms with Gasteiger partial charge in [-0.15, -0.1) is 11.3 Å². The van der Waals surface area contributed by atoms with Gasteiger partial charge in [0.2, 0.25) is 0 Å². The third-order valence-corrected chi connectivity index (χ3v) is 4.13. The number of morpholine rings is 1. The maximum atomic E-state index is 10.9. The highest BCUT2D eigenvalue weighted by Crippen LogP contribution is 2.16. The Kier molecular flexibility index (Phi) is 5.78. The second-order valence-corrected chi connectivity index (χ2v) is 5.48. The quantitative estimate of drug-likeness (QED) is 0.738. The standard InChI is InChI=1S/C13H20N2O3S/c16-13(17)12-11(2-9-19-12)10-14-3-1-4-15-5-7-18-8-6-15/h2,9,14H,1,3-8,10H2,(H,16,17). The molecular weight excluding hydrogens is 264 g/mol. The van der Waals surface area contributed by atoms with E-state index >= 15 is 0 Å². The number of carbonyl (C=O) groups is 1. The van der Waals surface area contributed by atoms with Crippen molar-refractivity contribution < 1.29 is 14.6 Å². The normalized spacial score (nSPS) is 16.6. The van der Waals surface area contributed by atoms with Gasteiger partial charge in [0.25, 0.3) is 0 Å². The van der Waals surface area contributed by atoms with Gasteiger partial charge in [0, 0.05) is 19.6 Å². The molecule has 1 aliphatic heterocycles. The highest BCUT2D eigenvalue weighted by molar-refractivity contribution is 7.12. The summed E-state index contributed by atoms with van der Waals surface area (Å²) in [5.74, 6) is -0.833. The summed E-state index contributed by atoms with van der Waals surface area (Å²) in [6.45, 7) is 6.34. The Morgan fingerprint density at radius 1 is 1.47 bits per heavy atom. The second kappa shape index (κ2) is 7.59. The lowest BCUT2D eigenvalue weighted by molar-refractivity contribution is 0.0374. The Balaban J connectivity index is 1.61. The summed E-state index contributed by atoms with van der Waals surface area (Å²) in [5.41, 5.74) is 0.879. The molecule has 0 radical (unpaired) electrons. The van der Waals surface area contributed by atoms with E-state index in [1.165, 1.54) is 11.3 Å². The number of nitrogens with zero attached hydrogens (tertiary/aromatic N) is 1. The minimum Gasteiger partial charge on any atom is -0.477 e. The van der Waals surface area contributed by atoms with Gasteiger partial charge in [-0.3, -0.25) is 4.90 Å². The van der Waals surface area contributed by atoms with Crippen LogP contribution in [0.4, 0.5) is 0 Å². The molecule has 1 fully saturated rings. The molecule has 0 saturated carbocycles. The number of thiophene rings is 1. The number of ether oxygens (including phenoxy) is 1. The van der Waals surface area contributed by atoms with Crippen molar-refractivity contribution in [2.75, 3.05) is 39.4 Å². The van der Waals surface area contributed by atoms with E-state index in [-0.39, 0.29) is 0 Å². The third-order valence-electron chi connectivity index (χ3n) is 3.19. The van der Waals surface area contributed by atoms with E-state index in [4.69, 9.17) is 9.84 Å². The first kappa shape index (κ1) is 14.5. The number of hydrogen-bond donors (Lipinski definition) is 2. The molecule has 1 aromatic heterocycles. The summed E-state index contributed by atoms with van der Waals surface area (Å²) >= 11 is 1.28. The number of aromatic carboxylic acids is 1. The lowest BCUT2D eigenvalue weighted by atomic mass is 10.2. The Bertz CT molecular complexity index is 402. The predicted octanol–water partition coefficient (Wildman–Crippen LogP) is 1.26. The topological polar surface area (TPSA) is 61.8 Å². The van der Waals surface area contributed by atoms with Crippen LogP contribution in [0, 0.1) is 0 Å². The monoisotopic (exact) mass is 284 g/mol. The third kappa shape index (κ3) is 4.58. The smallest absolute Gasteiger partial charge is 0.346 e. The van der Waals surface area contributed by atoms with Crippen LogP contribution >= 0.6 is 11.3 Å². The molecule has 0 bridgehead atoms. The van der Waals surface area contributed by atoms with Crippen molar-refractivity contribution in [3.8, 4) is 0 Å². The first-order valence-corrected chi connectivity index (χ1v) is 7.46. The van der Waals surface area contributed by atoms with Gasteiger partial charge in [0.15, 0.2) is 0 Å². The molecule has 2 heterocycles. The number of nitrogens with one attached hydrogen (secondary N) is 1. The van der Waals surface area contributed by atoms with Gasteiger partial charge in [0.05, 0.1) is 13.2 Å². The van der Waals surface area contributed by atoms with Gasteiger partial charge < -0.3 is 15.2 Å². The van der Waals surface area contributed by atoms with Gasteiger partial charge in [-0.1, -0.05) is 0 Å². The lowest BCUT2D eigenvalue weighted by Crippen LogP contribution is -2.37. The molecule has 2 N–H and O–H groups in total. The van der Waals surface area contributed by atoms with E-state index in [0.717, 1.165) is 51.4 Å². The molecule has 0 aliphatic carbocycles. The summed E-state index contributed by atoms with van der Waals surface area (Å²) in [4.78, 5) is 13.8. The van der Waals surface area contributed by atoms with Gasteiger partial charge in [-0.05, 0) is 36.5 Å². The number of hydrogen-bond acceptors (Lipinski definition) is 5. The van der Waals surface area contributed by atoms with Crippen molar-refractivity contribution in [3.05, 3.63) is 21.9 Å². The summed E-state index contributed by atoms with van der Waals surface area (Å²) in [6.07, 6.45) is 1.08. The zero-order chi connectivity index (χ0) is 13.5. The first-order valence-electron chi connectivity index (χ1n) is 6.58. The zero-order valence-electron chi connectivity index (χ0n) is 10.9. The molecule has 106 valence electrons. The molecule has 1 saturated heterocycles. The Hall–Kier alpha value is -0.950. The van der Waals surface area contributed by atoms with E-state index in [1.807, 2.05) is 11.4 Å². The van der Waals surface area contributed by atoms with E-state index in [9.17, 15) is 4.79 Å². The van der Waals surface area contributed by atoms with Crippen LogP contribution in [-0.2, 0) is 11.3 Å². The van der Waals surface area contributed by atoms with Gasteiger partial charge in [-0.2, -0.15) is 0 Å². The van der Waals surface area contributed by atoms with Crippen LogP contribution in [0.2, 0.25) is 0 Å². The number of rotatable bonds is 7. The van der Waals surface area contributed by atoms with Crippen LogP contribution < -0.4 is 5.32 Å². The summed E-state index contributed by atoms with van der Waals surface area (Å²) in [6, 6.07) is 1.88. The fourth-order valence-corrected chi connectivity index (χ4v) is 2.90. The molecule has 6 heteroatoms. The van der Waals surface area contributed by atoms with Crippen molar-refractivity contribution in [1.82, 2.24) is 10.2 Å². The molecule has 19 heavy (non-hydrogen) atoms. The molecular formula is C13H20N2O3S. The van der Waals surface area contributed by atoms with E-state index in [2.05, 4.69) is 10.2 Å². The van der Waals surface area contributed by atoms with Crippen LogP contribution in [0.1, 0.15) is 21.7 Å². The molecule has 0 unspecified atom stereocenters. The van der Waals surface area contributed by atoms with Crippen LogP contribution in [-0.4, -0.2) is 55.4 Å². The lowest BCUT2D eigenvalue weighted by Gasteiger charge is -2.26. The zero-order valence-corrected chi connectivity index (χ0v) is 11.7. The summed E-state index contributed by atoms with van der Waals surface area (Å²) < 4.78 is 5.30. The Labute approximate surface area is 117 Å². The average Bonchev–Trinajstić information content (AvgIpc) is 2.88. The Morgan fingerprint density at radius 2 is 2.26 bits per heavy atom. The van der Waals surface area contributed by atoms with Crippen molar-refractivity contribution in [2.45, 2.75) is 13.0 Å². The molecule has 2 rings (SSSR count). The summed E-state index contributed by atoms with van der Waals surface area (Å²) in [5, 5.41) is 14.1. The highest BCUT2D eigenvalue weighted by Gasteiger charge is 2.11. The van der Waals surface area contributed by atoms with E-state index in [1.54, 1.807) is 0 Å². The van der Waals surface area contributed by atoms with Crippen LogP contribution in [0.3, 0.4) is 0 Å². The average molecular weight is 284 g/mol. The first-order chi connectivity index (χ1) is 9.27. The number of carboxylic acid groups (broad SMARTS) is 1. The van der Waals surface area contributed by atoms with Crippen LogP contribution in [0.5, 0.6) is 0 Å². The van der Waals surface area contributed by atoms with E-state index in [0.29, 0.717) is 11.4 Å². The van der Waals surface area contributed by atoms with Crippen LogP contribution in [0.25, 0.3) is 0 Å². The van der Waals surface area contributed by atoms with Gasteiger partial charge in [-0.25, -0.2) is 4.79 Å². The maximum Gasteiger partial charge on any atom is 0.346 e. The molecule has 0 spiro atoms. The van der Waals surface area contributed by atoms with Crippen molar-refractivity contribution in [2.24, 2.45) is 0 Å². The molecule has 0 aromatic carbocycles. The van der Waals surface area contributed by atoms with Crippen LogP contribution in [0.15, 0.2) is 11.4 Å². The molecule has 5 nitrogen and oxygen atoms in total. The largest absolute Gasteiger partial charge is 0.477 e. The highest BCUT2D eigenvalue weighted by atomic mass is 32.1. The predicted molar refractivity (Wildman–Crippen MR) is 74.9 cm³/mol. The minimum atomic E-state index is -0.833. The molecule has 0 atom stereocenters. The second-order valence-electron chi connectivity index (χ2n) is 4.56. The summed E-state index contributed by atoms with van der Waals surface area (Å²) in [7, 11) is 0. The minimum absolute atomic E-state index is 0.445. The van der Waals surface area contributed by atoms with E-state index < -0.39 is 5.97 Å². The molecule has 0 amide bonds. The number of carboxylic acids is 1. The SMILES string of the molecule is O=C(O)c1sccc1CNCCCN1CCOCC1. The fourth-order valence-electron chi connectivity index (χ4n) is 2.14. The van der Waals surface area contributed by atoms with Crippen molar-refractivity contribution >= 4 is 17.3 Å². The van der Waals surface area contributed by atoms with Crippen molar-refractivity contribution in [1.29, 1.82) is 0 Å². The van der Waals surface area contributed by atoms with Gasteiger partial charge in [0.1, 0.15) is 4.88 Å². The van der Waals surface area contributed by atoms with Gasteiger partial charge >= 0.3 is 5.97 Å². The fraction of sp³-hybridized carbons (Fsp3) is 0.615. The maximum absolute atomic E-state index is 10.9. The molecule has 1 aliphatic rings.